The first-order valence-corrected chi connectivity index (χ1v) is 7.62. The lowest BCUT2D eigenvalue weighted by Gasteiger charge is -2.14. The molecule has 3 aromatic rings. The molecule has 1 aromatic carbocycles. The van der Waals surface area contributed by atoms with Crippen molar-refractivity contribution in [2.24, 2.45) is 0 Å². The Balaban J connectivity index is 1.69. The van der Waals surface area contributed by atoms with E-state index in [1.54, 1.807) is 18.3 Å². The number of nitrogens with zero attached hydrogens (tertiary/aromatic N) is 3. The average Bonchev–Trinajstić information content (AvgIpc) is 3.03. The molecule has 0 radical (unpaired) electrons. The minimum atomic E-state index is -0.264. The van der Waals surface area contributed by atoms with Crippen molar-refractivity contribution in [1.82, 2.24) is 9.97 Å². The van der Waals surface area contributed by atoms with Crippen molar-refractivity contribution < 1.29 is 8.81 Å². The minimum absolute atomic E-state index is 0.264. The third-order valence-electron chi connectivity index (χ3n) is 3.58. The number of anilines is 2. The van der Waals surface area contributed by atoms with E-state index in [-0.39, 0.29) is 5.82 Å². The first kappa shape index (κ1) is 16.0. The van der Waals surface area contributed by atoms with Gasteiger partial charge in [0.25, 0.3) is 0 Å². The Morgan fingerprint density at radius 1 is 1.12 bits per heavy atom. The summed E-state index contributed by atoms with van der Waals surface area (Å²) >= 11 is 0. The van der Waals surface area contributed by atoms with Crippen molar-refractivity contribution in [3.8, 4) is 11.3 Å². The first-order chi connectivity index (χ1) is 11.5. The molecule has 6 heteroatoms. The van der Waals surface area contributed by atoms with Crippen LogP contribution in [0.25, 0.3) is 11.3 Å². The Kier molecular flexibility index (Phi) is 4.46. The standard InChI is InChI=1S/C18H19FN4O/c1-12-10-20-18(22-17(12)23(2)3)21-11-15-8-9-16(24-15)13-4-6-14(19)7-5-13/h4-10H,11H2,1-3H3,(H,20,21,22). The summed E-state index contributed by atoms with van der Waals surface area (Å²) in [7, 11) is 3.89. The highest BCUT2D eigenvalue weighted by Gasteiger charge is 2.08. The summed E-state index contributed by atoms with van der Waals surface area (Å²) in [6.45, 7) is 2.44. The maximum Gasteiger partial charge on any atom is 0.224 e. The molecule has 0 unspecified atom stereocenters. The summed E-state index contributed by atoms with van der Waals surface area (Å²) in [5.41, 5.74) is 1.85. The molecule has 0 aliphatic heterocycles. The molecule has 124 valence electrons. The van der Waals surface area contributed by atoms with Gasteiger partial charge in [-0.15, -0.1) is 0 Å². The maximum atomic E-state index is 13.0. The van der Waals surface area contributed by atoms with Crippen LogP contribution in [-0.4, -0.2) is 24.1 Å². The summed E-state index contributed by atoms with van der Waals surface area (Å²) in [4.78, 5) is 10.7. The van der Waals surface area contributed by atoms with Gasteiger partial charge in [0.15, 0.2) is 0 Å². The van der Waals surface area contributed by atoms with Gasteiger partial charge in [0.2, 0.25) is 5.95 Å². The van der Waals surface area contributed by atoms with Gasteiger partial charge in [0.05, 0.1) is 6.54 Å². The largest absolute Gasteiger partial charge is 0.459 e. The molecule has 1 N–H and O–H groups in total. The molecule has 0 aliphatic carbocycles. The second-order valence-corrected chi connectivity index (χ2v) is 5.72. The van der Waals surface area contributed by atoms with Crippen molar-refractivity contribution in [2.45, 2.75) is 13.5 Å². The average molecular weight is 326 g/mol. The number of furan rings is 1. The molecule has 3 rings (SSSR count). The summed E-state index contributed by atoms with van der Waals surface area (Å²) in [6.07, 6.45) is 1.79. The van der Waals surface area contributed by atoms with Crippen molar-refractivity contribution in [2.75, 3.05) is 24.3 Å². The fourth-order valence-electron chi connectivity index (χ4n) is 2.38. The highest BCUT2D eigenvalue weighted by atomic mass is 19.1. The second kappa shape index (κ2) is 6.70. The third-order valence-corrected chi connectivity index (χ3v) is 3.58. The lowest BCUT2D eigenvalue weighted by atomic mass is 10.2. The molecule has 0 bridgehead atoms. The lowest BCUT2D eigenvalue weighted by molar-refractivity contribution is 0.530. The molecular formula is C18H19FN4O. The van der Waals surface area contributed by atoms with Gasteiger partial charge in [0, 0.05) is 31.4 Å². The Hall–Kier alpha value is -2.89. The quantitative estimate of drug-likeness (QED) is 0.771. The summed E-state index contributed by atoms with van der Waals surface area (Å²) in [5, 5.41) is 3.15. The van der Waals surface area contributed by atoms with Crippen LogP contribution in [0.3, 0.4) is 0 Å². The smallest absolute Gasteiger partial charge is 0.224 e. The van der Waals surface area contributed by atoms with E-state index in [2.05, 4.69) is 15.3 Å². The van der Waals surface area contributed by atoms with E-state index >= 15 is 0 Å². The van der Waals surface area contributed by atoms with Crippen molar-refractivity contribution in [1.29, 1.82) is 0 Å². The predicted octanol–water partition coefficient (Wildman–Crippen LogP) is 3.86. The van der Waals surface area contributed by atoms with E-state index in [1.807, 2.05) is 38.1 Å². The van der Waals surface area contributed by atoms with Gasteiger partial charge in [-0.2, -0.15) is 4.98 Å². The van der Waals surface area contributed by atoms with Gasteiger partial charge in [-0.05, 0) is 43.3 Å². The molecule has 0 amide bonds. The zero-order chi connectivity index (χ0) is 17.1. The zero-order valence-electron chi connectivity index (χ0n) is 13.9. The molecule has 24 heavy (non-hydrogen) atoms. The minimum Gasteiger partial charge on any atom is -0.459 e. The summed E-state index contributed by atoms with van der Waals surface area (Å²) in [6, 6.07) is 9.96. The van der Waals surface area contributed by atoms with E-state index in [1.165, 1.54) is 12.1 Å². The van der Waals surface area contributed by atoms with Crippen LogP contribution in [0.15, 0.2) is 47.0 Å². The zero-order valence-corrected chi connectivity index (χ0v) is 13.9. The number of benzene rings is 1. The van der Waals surface area contributed by atoms with Gasteiger partial charge in [0.1, 0.15) is 23.2 Å². The fourth-order valence-corrected chi connectivity index (χ4v) is 2.38. The number of aromatic nitrogens is 2. The van der Waals surface area contributed by atoms with Crippen LogP contribution in [0.4, 0.5) is 16.2 Å². The van der Waals surface area contributed by atoms with Gasteiger partial charge in [-0.3, -0.25) is 0 Å². The molecule has 0 saturated heterocycles. The van der Waals surface area contributed by atoms with Gasteiger partial charge in [-0.1, -0.05) is 0 Å². The molecule has 0 atom stereocenters. The van der Waals surface area contributed by atoms with E-state index in [0.29, 0.717) is 18.3 Å². The number of hydrogen-bond donors (Lipinski definition) is 1. The van der Waals surface area contributed by atoms with Crippen molar-refractivity contribution in [3.05, 3.63) is 59.7 Å². The number of aryl methyl sites for hydroxylation is 1. The van der Waals surface area contributed by atoms with Crippen LogP contribution in [0.2, 0.25) is 0 Å². The molecule has 0 saturated carbocycles. The highest BCUT2D eigenvalue weighted by molar-refractivity contribution is 5.57. The van der Waals surface area contributed by atoms with E-state index in [0.717, 1.165) is 22.7 Å². The van der Waals surface area contributed by atoms with E-state index in [9.17, 15) is 4.39 Å². The third kappa shape index (κ3) is 3.53. The Labute approximate surface area is 140 Å². The topological polar surface area (TPSA) is 54.2 Å². The fraction of sp³-hybridized carbons (Fsp3) is 0.222. The molecule has 2 aromatic heterocycles. The number of halogens is 1. The predicted molar refractivity (Wildman–Crippen MR) is 92.5 cm³/mol. The molecule has 0 aliphatic rings. The van der Waals surface area contributed by atoms with Crippen molar-refractivity contribution >= 4 is 11.8 Å². The Bertz CT molecular complexity index is 827. The van der Waals surface area contributed by atoms with Gasteiger partial charge < -0.3 is 14.6 Å². The van der Waals surface area contributed by atoms with Crippen LogP contribution in [0, 0.1) is 12.7 Å². The van der Waals surface area contributed by atoms with E-state index in [4.69, 9.17) is 4.42 Å². The number of hydrogen-bond acceptors (Lipinski definition) is 5. The second-order valence-electron chi connectivity index (χ2n) is 5.72. The van der Waals surface area contributed by atoms with Gasteiger partial charge in [-0.25, -0.2) is 9.37 Å². The Morgan fingerprint density at radius 2 is 1.88 bits per heavy atom. The highest BCUT2D eigenvalue weighted by Crippen LogP contribution is 2.23. The lowest BCUT2D eigenvalue weighted by Crippen LogP contribution is -2.14. The molecule has 0 fully saturated rings. The number of nitrogens with one attached hydrogen (secondary N) is 1. The van der Waals surface area contributed by atoms with Crippen molar-refractivity contribution in [3.63, 3.8) is 0 Å². The molecule has 0 spiro atoms. The summed E-state index contributed by atoms with van der Waals surface area (Å²) in [5.74, 6) is 2.61. The van der Waals surface area contributed by atoms with Crippen LogP contribution in [0.1, 0.15) is 11.3 Å². The molecule has 5 nitrogen and oxygen atoms in total. The van der Waals surface area contributed by atoms with Crippen LogP contribution < -0.4 is 10.2 Å². The normalized spacial score (nSPS) is 10.7. The van der Waals surface area contributed by atoms with E-state index < -0.39 is 0 Å². The van der Waals surface area contributed by atoms with Crippen LogP contribution >= 0.6 is 0 Å². The van der Waals surface area contributed by atoms with Crippen LogP contribution in [0.5, 0.6) is 0 Å². The first-order valence-electron chi connectivity index (χ1n) is 7.62. The van der Waals surface area contributed by atoms with Gasteiger partial charge >= 0.3 is 0 Å². The SMILES string of the molecule is Cc1cnc(NCc2ccc(-c3ccc(F)cc3)o2)nc1N(C)C. The molecular weight excluding hydrogens is 307 g/mol. The monoisotopic (exact) mass is 326 g/mol. The Morgan fingerprint density at radius 3 is 2.58 bits per heavy atom. The number of rotatable bonds is 5. The summed E-state index contributed by atoms with van der Waals surface area (Å²) < 4.78 is 18.8. The maximum absolute atomic E-state index is 13.0. The molecule has 2 heterocycles. The van der Waals surface area contributed by atoms with Crippen LogP contribution in [-0.2, 0) is 6.54 Å².